The van der Waals surface area contributed by atoms with Crippen molar-refractivity contribution in [1.29, 1.82) is 0 Å². The maximum atomic E-state index is 11.7. The molecule has 0 bridgehead atoms. The van der Waals surface area contributed by atoms with E-state index in [-0.39, 0.29) is 5.91 Å². The van der Waals surface area contributed by atoms with Gasteiger partial charge in [0.2, 0.25) is 5.91 Å². The van der Waals surface area contributed by atoms with Gasteiger partial charge in [-0.3, -0.25) is 19.9 Å². The van der Waals surface area contributed by atoms with Crippen LogP contribution in [0.25, 0.3) is 0 Å². The van der Waals surface area contributed by atoms with Crippen LogP contribution in [-0.2, 0) is 11.3 Å². The fourth-order valence-electron chi connectivity index (χ4n) is 4.31. The number of rotatable bonds is 6. The highest BCUT2D eigenvalue weighted by molar-refractivity contribution is 5.93. The first-order chi connectivity index (χ1) is 12.1. The minimum absolute atomic E-state index is 0.286. The molecular weight excluding hydrogens is 316 g/mol. The number of urea groups is 1. The number of nitrogens with two attached hydrogens (primary N) is 1. The van der Waals surface area contributed by atoms with Crippen molar-refractivity contribution >= 4 is 11.9 Å². The van der Waals surface area contributed by atoms with Gasteiger partial charge in [0.25, 0.3) is 0 Å². The lowest BCUT2D eigenvalue weighted by Gasteiger charge is -2.35. The largest absolute Gasteiger partial charge is 0.351 e. The number of primary amides is 1. The van der Waals surface area contributed by atoms with Gasteiger partial charge in [-0.15, -0.1) is 0 Å². The van der Waals surface area contributed by atoms with Gasteiger partial charge in [-0.25, -0.2) is 4.79 Å². The topological polar surface area (TPSA) is 78.7 Å². The highest BCUT2D eigenvalue weighted by Gasteiger charge is 2.37. The van der Waals surface area contributed by atoms with E-state index in [1.165, 1.54) is 31.2 Å². The van der Waals surface area contributed by atoms with Crippen molar-refractivity contribution in [2.75, 3.05) is 19.6 Å². The second-order valence-electron chi connectivity index (χ2n) is 7.07. The van der Waals surface area contributed by atoms with Crippen LogP contribution in [0.4, 0.5) is 4.79 Å². The molecule has 3 N–H and O–H groups in total. The molecule has 2 atom stereocenters. The molecule has 0 aromatic heterocycles. The quantitative estimate of drug-likeness (QED) is 0.823. The third kappa shape index (κ3) is 4.80. The molecule has 25 heavy (non-hydrogen) atoms. The molecule has 3 amide bonds. The number of imide groups is 1. The molecule has 1 aromatic rings. The molecule has 2 fully saturated rings. The van der Waals surface area contributed by atoms with E-state index in [4.69, 9.17) is 5.73 Å². The van der Waals surface area contributed by atoms with Gasteiger partial charge in [0.1, 0.15) is 0 Å². The van der Waals surface area contributed by atoms with Gasteiger partial charge >= 0.3 is 6.03 Å². The number of likely N-dealkylation sites (tertiary alicyclic amines) is 2. The average molecular weight is 344 g/mol. The van der Waals surface area contributed by atoms with Crippen LogP contribution in [0.15, 0.2) is 30.3 Å². The lowest BCUT2D eigenvalue weighted by Crippen LogP contribution is -2.47. The van der Waals surface area contributed by atoms with E-state index < -0.39 is 6.03 Å². The summed E-state index contributed by atoms with van der Waals surface area (Å²) in [4.78, 5) is 27.5. The zero-order chi connectivity index (χ0) is 17.6. The maximum absolute atomic E-state index is 11.7. The van der Waals surface area contributed by atoms with Crippen LogP contribution in [0.5, 0.6) is 0 Å². The van der Waals surface area contributed by atoms with Crippen molar-refractivity contribution in [3.8, 4) is 0 Å². The molecular formula is C19H28N4O2. The molecule has 2 aliphatic heterocycles. The minimum atomic E-state index is -0.771. The summed E-state index contributed by atoms with van der Waals surface area (Å²) in [6.07, 6.45) is 5.15. The Morgan fingerprint density at radius 3 is 2.36 bits per heavy atom. The predicted molar refractivity (Wildman–Crippen MR) is 96.8 cm³/mol. The van der Waals surface area contributed by atoms with E-state index in [9.17, 15) is 9.59 Å². The fourth-order valence-corrected chi connectivity index (χ4v) is 4.31. The second-order valence-corrected chi connectivity index (χ2v) is 7.07. The van der Waals surface area contributed by atoms with Gasteiger partial charge in [-0.05, 0) is 44.3 Å². The highest BCUT2D eigenvalue weighted by Crippen LogP contribution is 2.31. The zero-order valence-electron chi connectivity index (χ0n) is 14.7. The number of amides is 3. The average Bonchev–Trinajstić information content (AvgIpc) is 3.22. The third-order valence-corrected chi connectivity index (χ3v) is 5.39. The molecule has 0 spiro atoms. The van der Waals surface area contributed by atoms with E-state index in [2.05, 4.69) is 45.4 Å². The van der Waals surface area contributed by atoms with Crippen LogP contribution >= 0.6 is 0 Å². The first-order valence-electron chi connectivity index (χ1n) is 9.25. The van der Waals surface area contributed by atoms with Crippen molar-refractivity contribution in [1.82, 2.24) is 15.1 Å². The second kappa shape index (κ2) is 8.45. The Morgan fingerprint density at radius 1 is 1.04 bits per heavy atom. The summed E-state index contributed by atoms with van der Waals surface area (Å²) < 4.78 is 0. The summed E-state index contributed by atoms with van der Waals surface area (Å²) in [6, 6.07) is 10.9. The summed E-state index contributed by atoms with van der Waals surface area (Å²) >= 11 is 0. The lowest BCUT2D eigenvalue weighted by molar-refractivity contribution is -0.120. The molecule has 6 nitrogen and oxygen atoms in total. The molecule has 0 unspecified atom stereocenters. The van der Waals surface area contributed by atoms with Crippen molar-refractivity contribution in [2.45, 2.75) is 50.7 Å². The molecule has 0 aliphatic carbocycles. The number of benzene rings is 1. The monoisotopic (exact) mass is 344 g/mol. The van der Waals surface area contributed by atoms with E-state index in [1.54, 1.807) is 0 Å². The molecule has 2 aliphatic rings. The first-order valence-corrected chi connectivity index (χ1v) is 9.25. The first kappa shape index (κ1) is 17.9. The van der Waals surface area contributed by atoms with Gasteiger partial charge in [-0.2, -0.15) is 0 Å². The highest BCUT2D eigenvalue weighted by atomic mass is 16.2. The minimum Gasteiger partial charge on any atom is -0.351 e. The number of hydrogen-bond acceptors (Lipinski definition) is 4. The van der Waals surface area contributed by atoms with Gasteiger partial charge in [-0.1, -0.05) is 30.3 Å². The predicted octanol–water partition coefficient (Wildman–Crippen LogP) is 1.70. The van der Waals surface area contributed by atoms with Crippen molar-refractivity contribution in [3.05, 3.63) is 35.9 Å². The number of nitrogens with zero attached hydrogens (tertiary/aromatic N) is 2. The van der Waals surface area contributed by atoms with Crippen molar-refractivity contribution in [2.24, 2.45) is 5.73 Å². The Hall–Kier alpha value is -1.92. The molecule has 2 heterocycles. The lowest BCUT2D eigenvalue weighted by atomic mass is 10.0. The molecule has 0 radical (unpaired) electrons. The summed E-state index contributed by atoms with van der Waals surface area (Å²) in [7, 11) is 0. The smallest absolute Gasteiger partial charge is 0.318 e. The van der Waals surface area contributed by atoms with Crippen molar-refractivity contribution in [3.63, 3.8) is 0 Å². The van der Waals surface area contributed by atoms with E-state index in [0.717, 1.165) is 19.6 Å². The van der Waals surface area contributed by atoms with Crippen LogP contribution < -0.4 is 11.1 Å². The Balaban J connectivity index is 1.57. The van der Waals surface area contributed by atoms with Crippen LogP contribution in [0.3, 0.4) is 0 Å². The molecule has 1 aromatic carbocycles. The Morgan fingerprint density at radius 2 is 1.68 bits per heavy atom. The molecule has 136 valence electrons. The van der Waals surface area contributed by atoms with E-state index in [0.29, 0.717) is 25.0 Å². The van der Waals surface area contributed by atoms with Crippen molar-refractivity contribution < 1.29 is 9.59 Å². The van der Waals surface area contributed by atoms with E-state index in [1.807, 2.05) is 0 Å². The number of carbonyl (C=O) groups excluding carboxylic acids is 2. The van der Waals surface area contributed by atoms with Crippen LogP contribution in [0.2, 0.25) is 0 Å². The summed E-state index contributed by atoms with van der Waals surface area (Å²) in [5.41, 5.74) is 6.37. The van der Waals surface area contributed by atoms with Crippen LogP contribution in [0.1, 0.15) is 37.7 Å². The third-order valence-electron chi connectivity index (χ3n) is 5.39. The molecule has 2 saturated heterocycles. The standard InChI is InChI=1S/C19H28N4O2/c20-19(25)21-18(24)10-13-22-11-4-8-16(22)17-9-5-12-23(17)14-15-6-2-1-3-7-15/h1-3,6-7,16-17H,4-5,8-14H2,(H3,20,21,24,25)/t16-,17-/m1/s1. The Bertz CT molecular complexity index is 592. The number of carbonyl (C=O) groups is 2. The Labute approximate surface area is 149 Å². The normalized spacial score (nSPS) is 24.5. The zero-order valence-corrected chi connectivity index (χ0v) is 14.7. The molecule has 6 heteroatoms. The molecule has 0 saturated carbocycles. The number of hydrogen-bond donors (Lipinski definition) is 2. The Kier molecular flexibility index (Phi) is 6.04. The van der Waals surface area contributed by atoms with Gasteiger partial charge in [0.15, 0.2) is 0 Å². The summed E-state index contributed by atoms with van der Waals surface area (Å²) in [6.45, 7) is 3.87. The van der Waals surface area contributed by atoms with Gasteiger partial charge in [0, 0.05) is 31.6 Å². The van der Waals surface area contributed by atoms with Gasteiger partial charge in [0.05, 0.1) is 0 Å². The summed E-state index contributed by atoms with van der Waals surface area (Å²) in [5.74, 6) is -0.286. The van der Waals surface area contributed by atoms with Crippen LogP contribution in [-0.4, -0.2) is 53.5 Å². The number of nitrogens with one attached hydrogen (secondary N) is 1. The maximum Gasteiger partial charge on any atom is 0.318 e. The van der Waals surface area contributed by atoms with Crippen LogP contribution in [0, 0.1) is 0 Å². The fraction of sp³-hybridized carbons (Fsp3) is 0.579. The van der Waals surface area contributed by atoms with Gasteiger partial charge < -0.3 is 5.73 Å². The summed E-state index contributed by atoms with van der Waals surface area (Å²) in [5, 5.41) is 2.16. The van der Waals surface area contributed by atoms with E-state index >= 15 is 0 Å². The SMILES string of the molecule is NC(=O)NC(=O)CCN1CCC[C@@H]1[C@H]1CCCN1Cc1ccccc1. The molecule has 3 rings (SSSR count).